The zero-order valence-corrected chi connectivity index (χ0v) is 15.2. The molecule has 0 bridgehead atoms. The van der Waals surface area contributed by atoms with E-state index in [2.05, 4.69) is 0 Å². The average Bonchev–Trinajstić information content (AvgIpc) is 3.09. The summed E-state index contributed by atoms with van der Waals surface area (Å²) in [5.74, 6) is 0.212. The third kappa shape index (κ3) is 3.29. The first-order valence-electron chi connectivity index (χ1n) is 8.62. The molecule has 0 aliphatic carbocycles. The van der Waals surface area contributed by atoms with Crippen LogP contribution in [0.15, 0.2) is 54.6 Å². The number of para-hydroxylation sites is 1. The van der Waals surface area contributed by atoms with E-state index in [0.717, 1.165) is 17.0 Å². The van der Waals surface area contributed by atoms with Gasteiger partial charge in [-0.1, -0.05) is 30.3 Å². The molecule has 1 aliphatic rings. The van der Waals surface area contributed by atoms with Crippen molar-refractivity contribution in [1.82, 2.24) is 0 Å². The Bertz CT molecular complexity index is 772. The number of anilines is 1. The molecule has 0 spiro atoms. The lowest BCUT2D eigenvalue weighted by molar-refractivity contribution is -0.142. The lowest BCUT2D eigenvalue weighted by Gasteiger charge is -2.32. The third-order valence-electron chi connectivity index (χ3n) is 5.00. The molecule has 5 heteroatoms. The summed E-state index contributed by atoms with van der Waals surface area (Å²) < 4.78 is 10.3. The molecule has 0 amide bonds. The Labute approximate surface area is 153 Å². The maximum Gasteiger partial charge on any atom is 0.328 e. The zero-order chi connectivity index (χ0) is 18.7. The first kappa shape index (κ1) is 18.0. The number of ketones is 1. The van der Waals surface area contributed by atoms with Gasteiger partial charge in [0.1, 0.15) is 17.6 Å². The number of rotatable bonds is 5. The predicted molar refractivity (Wildman–Crippen MR) is 99.2 cm³/mol. The summed E-state index contributed by atoms with van der Waals surface area (Å²) in [6.07, 6.45) is 0.438. The van der Waals surface area contributed by atoms with Crippen LogP contribution in [0.1, 0.15) is 24.9 Å². The van der Waals surface area contributed by atoms with Crippen molar-refractivity contribution < 1.29 is 19.1 Å². The van der Waals surface area contributed by atoms with Gasteiger partial charge in [-0.05, 0) is 43.2 Å². The first-order valence-corrected chi connectivity index (χ1v) is 8.62. The second-order valence-corrected chi connectivity index (χ2v) is 6.45. The van der Waals surface area contributed by atoms with Crippen LogP contribution in [0.4, 0.5) is 5.69 Å². The van der Waals surface area contributed by atoms with Crippen molar-refractivity contribution in [2.24, 2.45) is 5.92 Å². The molecule has 3 rings (SSSR count). The number of Topliss-reactive ketones (excluding diaryl/α,β-unsaturated/α-hetero) is 1. The summed E-state index contributed by atoms with van der Waals surface area (Å²) in [5, 5.41) is 0. The van der Waals surface area contributed by atoms with Gasteiger partial charge in [0.15, 0.2) is 0 Å². The Morgan fingerprint density at radius 2 is 1.65 bits per heavy atom. The summed E-state index contributed by atoms with van der Waals surface area (Å²) in [7, 11) is 3.00. The molecule has 1 saturated heterocycles. The van der Waals surface area contributed by atoms with Crippen LogP contribution in [-0.2, 0) is 14.3 Å². The van der Waals surface area contributed by atoms with Crippen molar-refractivity contribution in [3.8, 4) is 5.75 Å². The SMILES string of the molecule is COC(=O)[C@H]1C[C@H](C(C)=O)[C@@H](c2ccc(OC)cc2)N1c1ccccc1. The largest absolute Gasteiger partial charge is 0.497 e. The van der Waals surface area contributed by atoms with Gasteiger partial charge >= 0.3 is 5.97 Å². The Morgan fingerprint density at radius 3 is 2.19 bits per heavy atom. The molecule has 1 aliphatic heterocycles. The minimum Gasteiger partial charge on any atom is -0.497 e. The van der Waals surface area contributed by atoms with E-state index in [4.69, 9.17) is 9.47 Å². The molecular weight excluding hydrogens is 330 g/mol. The fourth-order valence-electron chi connectivity index (χ4n) is 3.74. The highest BCUT2D eigenvalue weighted by Gasteiger charge is 2.47. The monoisotopic (exact) mass is 353 g/mol. The normalized spacial score (nSPS) is 22.1. The topological polar surface area (TPSA) is 55.8 Å². The Kier molecular flexibility index (Phi) is 5.26. The summed E-state index contributed by atoms with van der Waals surface area (Å²) in [5.41, 5.74) is 1.87. The van der Waals surface area contributed by atoms with E-state index in [-0.39, 0.29) is 23.7 Å². The van der Waals surface area contributed by atoms with E-state index in [1.54, 1.807) is 14.0 Å². The van der Waals surface area contributed by atoms with Gasteiger partial charge in [0.05, 0.1) is 20.3 Å². The maximum absolute atomic E-state index is 12.4. The summed E-state index contributed by atoms with van der Waals surface area (Å²) in [4.78, 5) is 26.8. The Hall–Kier alpha value is -2.82. The second-order valence-electron chi connectivity index (χ2n) is 6.45. The van der Waals surface area contributed by atoms with Crippen LogP contribution in [0.2, 0.25) is 0 Å². The Morgan fingerprint density at radius 1 is 1.00 bits per heavy atom. The van der Waals surface area contributed by atoms with Gasteiger partial charge in [-0.25, -0.2) is 4.79 Å². The highest BCUT2D eigenvalue weighted by molar-refractivity contribution is 5.87. The van der Waals surface area contributed by atoms with Crippen LogP contribution in [-0.4, -0.2) is 32.0 Å². The van der Waals surface area contributed by atoms with Crippen molar-refractivity contribution >= 4 is 17.4 Å². The Balaban J connectivity index is 2.10. The van der Waals surface area contributed by atoms with Gasteiger partial charge < -0.3 is 14.4 Å². The minimum atomic E-state index is -0.497. The van der Waals surface area contributed by atoms with Crippen molar-refractivity contribution in [3.05, 3.63) is 60.2 Å². The molecule has 0 aromatic heterocycles. The number of methoxy groups -OCH3 is 2. The smallest absolute Gasteiger partial charge is 0.328 e. The molecule has 0 radical (unpaired) electrons. The number of nitrogens with zero attached hydrogens (tertiary/aromatic N) is 1. The molecule has 0 N–H and O–H groups in total. The van der Waals surface area contributed by atoms with Gasteiger partial charge in [0, 0.05) is 11.6 Å². The molecule has 136 valence electrons. The van der Waals surface area contributed by atoms with Crippen LogP contribution in [0.25, 0.3) is 0 Å². The number of hydrogen-bond acceptors (Lipinski definition) is 5. The molecular formula is C21H23NO4. The van der Waals surface area contributed by atoms with Crippen molar-refractivity contribution in [1.29, 1.82) is 0 Å². The molecule has 1 fully saturated rings. The molecule has 1 heterocycles. The number of hydrogen-bond donors (Lipinski definition) is 0. The van der Waals surface area contributed by atoms with Gasteiger partial charge in [0.2, 0.25) is 0 Å². The standard InChI is InChI=1S/C21H23NO4/c1-14(23)18-13-19(21(24)26-3)22(16-7-5-4-6-8-16)20(18)15-9-11-17(25-2)12-10-15/h4-12,18-20H,13H2,1-3H3/t18-,19-,20-/m1/s1. The molecule has 3 atom stereocenters. The van der Waals surface area contributed by atoms with E-state index in [1.807, 2.05) is 59.5 Å². The number of esters is 1. The highest BCUT2D eigenvalue weighted by atomic mass is 16.5. The molecule has 5 nitrogen and oxygen atoms in total. The van der Waals surface area contributed by atoms with E-state index < -0.39 is 6.04 Å². The molecule has 2 aromatic rings. The van der Waals surface area contributed by atoms with Gasteiger partial charge in [-0.15, -0.1) is 0 Å². The van der Waals surface area contributed by atoms with Crippen LogP contribution in [0.3, 0.4) is 0 Å². The number of carbonyl (C=O) groups excluding carboxylic acids is 2. The molecule has 0 unspecified atom stereocenters. The fourth-order valence-corrected chi connectivity index (χ4v) is 3.74. The third-order valence-corrected chi connectivity index (χ3v) is 5.00. The highest BCUT2D eigenvalue weighted by Crippen LogP contribution is 2.45. The van der Waals surface area contributed by atoms with Crippen molar-refractivity contribution in [2.45, 2.75) is 25.4 Å². The maximum atomic E-state index is 12.4. The summed E-state index contributed by atoms with van der Waals surface area (Å²) in [6.45, 7) is 1.59. The zero-order valence-electron chi connectivity index (χ0n) is 15.2. The molecule has 2 aromatic carbocycles. The first-order chi connectivity index (χ1) is 12.6. The number of ether oxygens (including phenoxy) is 2. The predicted octanol–water partition coefficient (Wildman–Crippen LogP) is 3.39. The lowest BCUT2D eigenvalue weighted by Crippen LogP contribution is -2.38. The summed E-state index contributed by atoms with van der Waals surface area (Å²) in [6, 6.07) is 16.6. The quantitative estimate of drug-likeness (QED) is 0.771. The van der Waals surface area contributed by atoms with E-state index >= 15 is 0 Å². The van der Waals surface area contributed by atoms with E-state index in [1.165, 1.54) is 7.11 Å². The van der Waals surface area contributed by atoms with Crippen LogP contribution < -0.4 is 9.64 Å². The number of carbonyl (C=O) groups is 2. The molecule has 0 saturated carbocycles. The van der Waals surface area contributed by atoms with E-state index in [9.17, 15) is 9.59 Å². The molecule has 26 heavy (non-hydrogen) atoms. The van der Waals surface area contributed by atoms with Gasteiger partial charge in [0.25, 0.3) is 0 Å². The van der Waals surface area contributed by atoms with E-state index in [0.29, 0.717) is 6.42 Å². The second kappa shape index (κ2) is 7.60. The fraction of sp³-hybridized carbons (Fsp3) is 0.333. The van der Waals surface area contributed by atoms with Crippen molar-refractivity contribution in [3.63, 3.8) is 0 Å². The number of benzene rings is 2. The van der Waals surface area contributed by atoms with Crippen LogP contribution in [0.5, 0.6) is 5.75 Å². The van der Waals surface area contributed by atoms with Crippen molar-refractivity contribution in [2.75, 3.05) is 19.1 Å². The summed E-state index contributed by atoms with van der Waals surface area (Å²) >= 11 is 0. The minimum absolute atomic E-state index is 0.0677. The average molecular weight is 353 g/mol. The van der Waals surface area contributed by atoms with Crippen LogP contribution in [0, 0.1) is 5.92 Å². The van der Waals surface area contributed by atoms with Crippen LogP contribution >= 0.6 is 0 Å². The van der Waals surface area contributed by atoms with Gasteiger partial charge in [-0.2, -0.15) is 0 Å². The van der Waals surface area contributed by atoms with Gasteiger partial charge in [-0.3, -0.25) is 4.79 Å². The lowest BCUT2D eigenvalue weighted by atomic mass is 9.90.